The van der Waals surface area contributed by atoms with Crippen molar-refractivity contribution in [1.29, 1.82) is 0 Å². The number of phenols is 1. The van der Waals surface area contributed by atoms with Crippen LogP contribution >= 0.6 is 0 Å². The maximum absolute atomic E-state index is 12.6. The van der Waals surface area contributed by atoms with Crippen molar-refractivity contribution in [3.63, 3.8) is 0 Å². The van der Waals surface area contributed by atoms with E-state index in [9.17, 15) is 18.3 Å². The first kappa shape index (κ1) is 13.3. The molecule has 2 aromatic carbocycles. The number of fused-ring (bicyclic) bond motifs is 1. The van der Waals surface area contributed by atoms with Crippen molar-refractivity contribution in [2.75, 3.05) is 5.73 Å². The lowest BCUT2D eigenvalue weighted by Crippen LogP contribution is -2.03. The molecule has 0 aliphatic carbocycles. The second-order valence-electron chi connectivity index (χ2n) is 4.48. The number of halogens is 3. The molecular weight excluding hydrogens is 285 g/mol. The van der Waals surface area contributed by atoms with Gasteiger partial charge >= 0.3 is 6.18 Å². The Morgan fingerprint density at radius 2 is 1.86 bits per heavy atom. The van der Waals surface area contributed by atoms with Crippen LogP contribution in [0.4, 0.5) is 18.9 Å². The Morgan fingerprint density at radius 1 is 1.10 bits per heavy atom. The third-order valence-electron chi connectivity index (χ3n) is 2.97. The topological polar surface area (TPSA) is 72.3 Å². The molecule has 3 aromatic rings. The summed E-state index contributed by atoms with van der Waals surface area (Å²) in [7, 11) is 0. The minimum Gasteiger partial charge on any atom is -0.507 e. The van der Waals surface area contributed by atoms with E-state index in [1.165, 1.54) is 24.3 Å². The fourth-order valence-electron chi connectivity index (χ4n) is 1.95. The zero-order valence-electron chi connectivity index (χ0n) is 10.5. The highest BCUT2D eigenvalue weighted by molar-refractivity contribution is 5.78. The van der Waals surface area contributed by atoms with Gasteiger partial charge in [-0.1, -0.05) is 0 Å². The number of phenolic OH excluding ortho intramolecular Hbond substituents is 1. The number of nitrogens with zero attached hydrogens (tertiary/aromatic N) is 1. The smallest absolute Gasteiger partial charge is 0.416 e. The maximum atomic E-state index is 12.6. The number of anilines is 1. The number of benzene rings is 2. The van der Waals surface area contributed by atoms with Gasteiger partial charge in [-0.2, -0.15) is 13.2 Å². The number of nitrogens with two attached hydrogens (primary N) is 1. The van der Waals surface area contributed by atoms with Gasteiger partial charge in [-0.25, -0.2) is 4.98 Å². The number of hydrogen-bond acceptors (Lipinski definition) is 4. The van der Waals surface area contributed by atoms with E-state index in [1.807, 2.05) is 0 Å². The van der Waals surface area contributed by atoms with Crippen LogP contribution in [0.25, 0.3) is 22.6 Å². The number of nitrogen functional groups attached to an aromatic ring is 1. The number of rotatable bonds is 1. The third-order valence-corrected chi connectivity index (χ3v) is 2.97. The predicted molar refractivity (Wildman–Crippen MR) is 70.5 cm³/mol. The zero-order chi connectivity index (χ0) is 15.2. The van der Waals surface area contributed by atoms with E-state index in [0.29, 0.717) is 5.69 Å². The van der Waals surface area contributed by atoms with Crippen molar-refractivity contribution >= 4 is 16.8 Å². The molecule has 0 radical (unpaired) electrons. The van der Waals surface area contributed by atoms with Crippen LogP contribution in [0.3, 0.4) is 0 Å². The highest BCUT2D eigenvalue weighted by Gasteiger charge is 2.31. The standard InChI is InChI=1S/C14H9F3N2O2/c15-14(16,17)7-1-4-12-10(5-7)19-13(21-12)9-3-2-8(18)6-11(9)20/h1-6,20H,18H2. The largest absolute Gasteiger partial charge is 0.507 e. The normalized spacial score (nSPS) is 12.0. The van der Waals surface area contributed by atoms with E-state index < -0.39 is 11.7 Å². The van der Waals surface area contributed by atoms with Crippen molar-refractivity contribution in [2.24, 2.45) is 0 Å². The number of alkyl halides is 3. The second-order valence-corrected chi connectivity index (χ2v) is 4.48. The van der Waals surface area contributed by atoms with Gasteiger partial charge in [-0.05, 0) is 30.3 Å². The molecule has 0 saturated carbocycles. The van der Waals surface area contributed by atoms with Crippen LogP contribution in [0.1, 0.15) is 5.56 Å². The average molecular weight is 294 g/mol. The summed E-state index contributed by atoms with van der Waals surface area (Å²) in [6, 6.07) is 7.34. The average Bonchev–Trinajstić information content (AvgIpc) is 2.79. The molecule has 3 N–H and O–H groups in total. The molecule has 0 bridgehead atoms. The van der Waals surface area contributed by atoms with Crippen LogP contribution < -0.4 is 5.73 Å². The van der Waals surface area contributed by atoms with E-state index in [0.717, 1.165) is 12.1 Å². The molecule has 0 spiro atoms. The van der Waals surface area contributed by atoms with Crippen molar-refractivity contribution < 1.29 is 22.7 Å². The van der Waals surface area contributed by atoms with Crippen molar-refractivity contribution in [3.05, 3.63) is 42.0 Å². The fraction of sp³-hybridized carbons (Fsp3) is 0.0714. The molecule has 108 valence electrons. The molecule has 4 nitrogen and oxygen atoms in total. The summed E-state index contributed by atoms with van der Waals surface area (Å²) in [5, 5.41) is 9.79. The van der Waals surface area contributed by atoms with Gasteiger partial charge in [0, 0.05) is 11.8 Å². The quantitative estimate of drug-likeness (QED) is 0.669. The van der Waals surface area contributed by atoms with Crippen molar-refractivity contribution in [1.82, 2.24) is 4.98 Å². The second kappa shape index (κ2) is 4.41. The number of oxazole rings is 1. The summed E-state index contributed by atoms with van der Waals surface area (Å²) in [6.45, 7) is 0. The summed E-state index contributed by atoms with van der Waals surface area (Å²) in [5.41, 5.74) is 5.58. The highest BCUT2D eigenvalue weighted by atomic mass is 19.4. The Kier molecular flexibility index (Phi) is 2.79. The molecule has 0 atom stereocenters. The van der Waals surface area contributed by atoms with Crippen LogP contribution in [-0.4, -0.2) is 10.1 Å². The minimum absolute atomic E-state index is 0.0295. The lowest BCUT2D eigenvalue weighted by Gasteiger charge is -2.04. The SMILES string of the molecule is Nc1ccc(-c2nc3cc(C(F)(F)F)ccc3o2)c(O)c1. The molecular formula is C14H9F3N2O2. The van der Waals surface area contributed by atoms with E-state index in [4.69, 9.17) is 10.2 Å². The molecule has 0 aliphatic heterocycles. The summed E-state index contributed by atoms with van der Waals surface area (Å²) in [5.74, 6) is -0.126. The molecule has 0 aliphatic rings. The lowest BCUT2D eigenvalue weighted by atomic mass is 10.2. The van der Waals surface area contributed by atoms with E-state index in [-0.39, 0.29) is 28.3 Å². The molecule has 0 amide bonds. The molecule has 1 heterocycles. The summed E-state index contributed by atoms with van der Waals surface area (Å²) in [6.07, 6.45) is -4.45. The molecule has 0 unspecified atom stereocenters. The van der Waals surface area contributed by atoms with E-state index in [1.54, 1.807) is 0 Å². The van der Waals surface area contributed by atoms with Gasteiger partial charge in [0.1, 0.15) is 11.3 Å². The van der Waals surface area contributed by atoms with Gasteiger partial charge in [0.15, 0.2) is 5.58 Å². The predicted octanol–water partition coefficient (Wildman–Crippen LogP) is 3.80. The summed E-state index contributed by atoms with van der Waals surface area (Å²) < 4.78 is 43.3. The van der Waals surface area contributed by atoms with Crippen LogP contribution in [0.2, 0.25) is 0 Å². The number of aromatic hydroxyl groups is 1. The van der Waals surface area contributed by atoms with Gasteiger partial charge < -0.3 is 15.3 Å². The van der Waals surface area contributed by atoms with Gasteiger partial charge in [-0.15, -0.1) is 0 Å². The first-order valence-electron chi connectivity index (χ1n) is 5.91. The maximum Gasteiger partial charge on any atom is 0.416 e. The third kappa shape index (κ3) is 2.37. The highest BCUT2D eigenvalue weighted by Crippen LogP contribution is 2.35. The van der Waals surface area contributed by atoms with Gasteiger partial charge in [0.25, 0.3) is 0 Å². The molecule has 3 rings (SSSR count). The molecule has 0 saturated heterocycles. The van der Waals surface area contributed by atoms with Crippen LogP contribution in [0.5, 0.6) is 5.75 Å². The number of hydrogen-bond donors (Lipinski definition) is 2. The Morgan fingerprint density at radius 3 is 2.52 bits per heavy atom. The van der Waals surface area contributed by atoms with Crippen molar-refractivity contribution in [3.8, 4) is 17.2 Å². The first-order chi connectivity index (χ1) is 9.84. The first-order valence-corrected chi connectivity index (χ1v) is 5.91. The van der Waals surface area contributed by atoms with Gasteiger partial charge in [-0.3, -0.25) is 0 Å². The minimum atomic E-state index is -4.45. The molecule has 7 heteroatoms. The Bertz CT molecular complexity index is 825. The Hall–Kier alpha value is -2.70. The Labute approximate surface area is 116 Å². The van der Waals surface area contributed by atoms with Crippen molar-refractivity contribution in [2.45, 2.75) is 6.18 Å². The monoisotopic (exact) mass is 294 g/mol. The van der Waals surface area contributed by atoms with Crippen LogP contribution in [-0.2, 0) is 6.18 Å². The van der Waals surface area contributed by atoms with Gasteiger partial charge in [0.2, 0.25) is 5.89 Å². The lowest BCUT2D eigenvalue weighted by molar-refractivity contribution is -0.137. The van der Waals surface area contributed by atoms with Crippen LogP contribution in [0, 0.1) is 0 Å². The summed E-state index contributed by atoms with van der Waals surface area (Å²) in [4.78, 5) is 3.98. The Balaban J connectivity index is 2.13. The fourth-order valence-corrected chi connectivity index (χ4v) is 1.95. The van der Waals surface area contributed by atoms with E-state index in [2.05, 4.69) is 4.98 Å². The van der Waals surface area contributed by atoms with E-state index >= 15 is 0 Å². The zero-order valence-corrected chi connectivity index (χ0v) is 10.5. The van der Waals surface area contributed by atoms with Crippen LogP contribution in [0.15, 0.2) is 40.8 Å². The summed E-state index contributed by atoms with van der Waals surface area (Å²) >= 11 is 0. The van der Waals surface area contributed by atoms with Gasteiger partial charge in [0.05, 0.1) is 11.1 Å². The molecule has 1 aromatic heterocycles. The molecule has 21 heavy (non-hydrogen) atoms. The number of aromatic nitrogens is 1. The molecule has 0 fully saturated rings.